The predicted octanol–water partition coefficient (Wildman–Crippen LogP) is 4.61. The summed E-state index contributed by atoms with van der Waals surface area (Å²) in [6.07, 6.45) is 1.46. The molecule has 1 amide bonds. The summed E-state index contributed by atoms with van der Waals surface area (Å²) in [7, 11) is 1.73. The number of benzene rings is 2. The first-order valence-electron chi connectivity index (χ1n) is 9.01. The van der Waals surface area contributed by atoms with Crippen LogP contribution in [0.3, 0.4) is 0 Å². The molecule has 0 aliphatic heterocycles. The Morgan fingerprint density at radius 1 is 1.14 bits per heavy atom. The van der Waals surface area contributed by atoms with Crippen molar-refractivity contribution in [3.8, 4) is 11.5 Å². The molecule has 0 fully saturated rings. The second-order valence-electron chi connectivity index (χ2n) is 7.00. The number of nitrogens with one attached hydrogen (secondary N) is 1. The number of carbonyl (C=O) groups excluding carboxylic acids is 1. The third-order valence-corrected chi connectivity index (χ3v) is 4.83. The van der Waals surface area contributed by atoms with Gasteiger partial charge in [-0.25, -0.2) is 0 Å². The first kappa shape index (κ1) is 20.1. The Kier molecular flexibility index (Phi) is 5.36. The summed E-state index contributed by atoms with van der Waals surface area (Å²) < 4.78 is 7.53. The third kappa shape index (κ3) is 4.26. The molecule has 0 aliphatic rings. The maximum Gasteiger partial charge on any atom is 0.275 e. The first-order valence-corrected chi connectivity index (χ1v) is 9.01. The fraction of sp³-hybridized carbons (Fsp3) is 0.238. The highest BCUT2D eigenvalue weighted by Crippen LogP contribution is 2.33. The number of ether oxygens (including phenoxy) is 1. The van der Waals surface area contributed by atoms with Gasteiger partial charge in [0.25, 0.3) is 11.6 Å². The molecule has 0 bridgehead atoms. The van der Waals surface area contributed by atoms with E-state index in [-0.39, 0.29) is 17.1 Å². The summed E-state index contributed by atoms with van der Waals surface area (Å²) in [5, 5.41) is 18.1. The quantitative estimate of drug-likeness (QED) is 0.503. The average Bonchev–Trinajstić information content (AvgIpc) is 2.98. The Hall–Kier alpha value is -3.68. The summed E-state index contributed by atoms with van der Waals surface area (Å²) in [5.74, 6) is 0.485. The number of anilines is 1. The summed E-state index contributed by atoms with van der Waals surface area (Å²) >= 11 is 0. The third-order valence-electron chi connectivity index (χ3n) is 4.83. The topological polar surface area (TPSA) is 99.3 Å². The van der Waals surface area contributed by atoms with Crippen molar-refractivity contribution >= 4 is 17.3 Å². The zero-order valence-corrected chi connectivity index (χ0v) is 16.9. The van der Waals surface area contributed by atoms with Crippen LogP contribution in [-0.2, 0) is 7.05 Å². The molecule has 0 saturated heterocycles. The lowest BCUT2D eigenvalue weighted by Crippen LogP contribution is -2.13. The minimum atomic E-state index is -0.522. The second-order valence-corrected chi connectivity index (χ2v) is 7.00. The van der Waals surface area contributed by atoms with Gasteiger partial charge in [0.15, 0.2) is 0 Å². The van der Waals surface area contributed by atoms with Crippen LogP contribution in [0, 0.1) is 37.8 Å². The molecule has 0 radical (unpaired) electrons. The molecule has 8 heteroatoms. The van der Waals surface area contributed by atoms with Gasteiger partial charge in [0.2, 0.25) is 0 Å². The highest BCUT2D eigenvalue weighted by Gasteiger charge is 2.17. The van der Waals surface area contributed by atoms with E-state index in [0.29, 0.717) is 17.0 Å². The molecular weight excluding hydrogens is 372 g/mol. The van der Waals surface area contributed by atoms with Gasteiger partial charge in [-0.3, -0.25) is 19.6 Å². The highest BCUT2D eigenvalue weighted by atomic mass is 16.6. The van der Waals surface area contributed by atoms with Crippen LogP contribution in [0.2, 0.25) is 0 Å². The van der Waals surface area contributed by atoms with Crippen LogP contribution >= 0.6 is 0 Å². The molecule has 29 heavy (non-hydrogen) atoms. The number of rotatable bonds is 5. The number of nitro groups is 1. The van der Waals surface area contributed by atoms with Crippen LogP contribution in [0.15, 0.2) is 36.5 Å². The van der Waals surface area contributed by atoms with Gasteiger partial charge in [0.1, 0.15) is 11.5 Å². The highest BCUT2D eigenvalue weighted by molar-refractivity contribution is 6.05. The zero-order chi connectivity index (χ0) is 21.3. The number of nitrogens with zero attached hydrogens (tertiary/aromatic N) is 3. The predicted molar refractivity (Wildman–Crippen MR) is 110 cm³/mol. The average molecular weight is 394 g/mol. The van der Waals surface area contributed by atoms with E-state index in [2.05, 4.69) is 10.4 Å². The number of hydrogen-bond acceptors (Lipinski definition) is 5. The molecule has 0 aliphatic carbocycles. The zero-order valence-electron chi connectivity index (χ0n) is 16.9. The molecule has 0 saturated carbocycles. The fourth-order valence-electron chi connectivity index (χ4n) is 2.97. The van der Waals surface area contributed by atoms with Gasteiger partial charge >= 0.3 is 0 Å². The van der Waals surface area contributed by atoms with E-state index in [1.54, 1.807) is 24.7 Å². The Labute approximate surface area is 168 Å². The molecule has 0 spiro atoms. The van der Waals surface area contributed by atoms with Crippen molar-refractivity contribution in [1.82, 2.24) is 9.78 Å². The number of amides is 1. The van der Waals surface area contributed by atoms with E-state index in [9.17, 15) is 14.9 Å². The van der Waals surface area contributed by atoms with Crippen LogP contribution in [0.1, 0.15) is 32.7 Å². The van der Waals surface area contributed by atoms with Gasteiger partial charge < -0.3 is 10.1 Å². The summed E-state index contributed by atoms with van der Waals surface area (Å²) in [6, 6.07) is 8.11. The molecule has 0 atom stereocenters. The largest absolute Gasteiger partial charge is 0.457 e. The van der Waals surface area contributed by atoms with E-state index in [1.807, 2.05) is 32.9 Å². The molecule has 2 aromatic carbocycles. The Bertz CT molecular complexity index is 1120. The van der Waals surface area contributed by atoms with Gasteiger partial charge in [-0.1, -0.05) is 6.07 Å². The number of nitro benzene ring substituents is 1. The van der Waals surface area contributed by atoms with Crippen LogP contribution in [0.5, 0.6) is 11.5 Å². The van der Waals surface area contributed by atoms with Crippen LogP contribution in [0.25, 0.3) is 0 Å². The normalized spacial score (nSPS) is 10.7. The second kappa shape index (κ2) is 7.75. The number of non-ortho nitro benzene ring substituents is 1. The van der Waals surface area contributed by atoms with Crippen LogP contribution < -0.4 is 10.1 Å². The van der Waals surface area contributed by atoms with Crippen LogP contribution in [0.4, 0.5) is 11.4 Å². The van der Waals surface area contributed by atoms with E-state index in [4.69, 9.17) is 4.74 Å². The molecule has 3 rings (SSSR count). The summed E-state index contributed by atoms with van der Waals surface area (Å²) in [6.45, 7) is 7.63. The maximum absolute atomic E-state index is 12.6. The van der Waals surface area contributed by atoms with Crippen molar-refractivity contribution in [2.24, 2.45) is 7.05 Å². The standard InChI is InChI=1S/C21H22N4O4/c1-12-6-13(2)14(3)20(7-12)29-18-9-16(8-17(10-18)25(27)28)23-21(26)19-11-22-24(5)15(19)4/h6-11H,1-5H3,(H,23,26). The van der Waals surface area contributed by atoms with Crippen molar-refractivity contribution in [2.75, 3.05) is 5.32 Å². The van der Waals surface area contributed by atoms with Crippen molar-refractivity contribution in [3.63, 3.8) is 0 Å². The minimum absolute atomic E-state index is 0.178. The van der Waals surface area contributed by atoms with Gasteiger partial charge in [-0.2, -0.15) is 5.10 Å². The molecule has 150 valence electrons. The minimum Gasteiger partial charge on any atom is -0.457 e. The van der Waals surface area contributed by atoms with E-state index in [0.717, 1.165) is 16.7 Å². The van der Waals surface area contributed by atoms with Gasteiger partial charge in [0.05, 0.1) is 28.4 Å². The van der Waals surface area contributed by atoms with Gasteiger partial charge in [-0.05, 0) is 50.5 Å². The molecule has 3 aromatic rings. The SMILES string of the molecule is Cc1cc(C)c(C)c(Oc2cc(NC(=O)c3cnn(C)c3C)cc([N+](=O)[O-])c2)c1. The van der Waals surface area contributed by atoms with Gasteiger partial charge in [-0.15, -0.1) is 0 Å². The fourth-order valence-corrected chi connectivity index (χ4v) is 2.97. The molecular formula is C21H22N4O4. The molecule has 8 nitrogen and oxygen atoms in total. The molecule has 1 aromatic heterocycles. The lowest BCUT2D eigenvalue weighted by molar-refractivity contribution is -0.384. The van der Waals surface area contributed by atoms with Crippen molar-refractivity contribution in [1.29, 1.82) is 0 Å². The number of carbonyl (C=O) groups is 1. The number of hydrogen-bond donors (Lipinski definition) is 1. The van der Waals surface area contributed by atoms with Crippen molar-refractivity contribution < 1.29 is 14.5 Å². The Balaban J connectivity index is 1.95. The van der Waals surface area contributed by atoms with Crippen LogP contribution in [-0.4, -0.2) is 20.6 Å². The van der Waals surface area contributed by atoms with E-state index >= 15 is 0 Å². The van der Waals surface area contributed by atoms with Gasteiger partial charge in [0, 0.05) is 24.9 Å². The number of aromatic nitrogens is 2. The summed E-state index contributed by atoms with van der Waals surface area (Å²) in [4.78, 5) is 23.4. The maximum atomic E-state index is 12.6. The summed E-state index contributed by atoms with van der Waals surface area (Å²) in [5.41, 5.74) is 4.20. The first-order chi connectivity index (χ1) is 13.7. The lowest BCUT2D eigenvalue weighted by Gasteiger charge is -2.13. The molecule has 1 heterocycles. The smallest absolute Gasteiger partial charge is 0.275 e. The molecule has 0 unspecified atom stereocenters. The van der Waals surface area contributed by atoms with E-state index < -0.39 is 10.8 Å². The monoisotopic (exact) mass is 394 g/mol. The Morgan fingerprint density at radius 2 is 1.86 bits per heavy atom. The molecule has 1 N–H and O–H groups in total. The van der Waals surface area contributed by atoms with Crippen molar-refractivity contribution in [3.05, 3.63) is 74.6 Å². The lowest BCUT2D eigenvalue weighted by atomic mass is 10.1. The Morgan fingerprint density at radius 3 is 2.48 bits per heavy atom. The van der Waals surface area contributed by atoms with Crippen molar-refractivity contribution in [2.45, 2.75) is 27.7 Å². The number of aryl methyl sites for hydroxylation is 3. The van der Waals surface area contributed by atoms with E-state index in [1.165, 1.54) is 18.3 Å².